The number of fused-ring (bicyclic) bond motifs is 2. The smallest absolute Gasteiger partial charge is 0.407 e. The summed E-state index contributed by atoms with van der Waals surface area (Å²) in [5.41, 5.74) is 0.615. The molecule has 3 heterocycles. The highest BCUT2D eigenvalue weighted by molar-refractivity contribution is 5.97. The van der Waals surface area contributed by atoms with Gasteiger partial charge in [-0.05, 0) is 43.2 Å². The maximum atomic E-state index is 15.0. The number of hydrogen-bond donors (Lipinski definition) is 1. The number of ether oxygens (including phenoxy) is 3. The lowest BCUT2D eigenvalue weighted by atomic mass is 9.87. The normalized spacial score (nSPS) is 25.4. The Labute approximate surface area is 196 Å². The van der Waals surface area contributed by atoms with Gasteiger partial charge in [-0.1, -0.05) is 12.1 Å². The first-order valence-corrected chi connectivity index (χ1v) is 11.3. The van der Waals surface area contributed by atoms with Crippen LogP contribution >= 0.6 is 0 Å². The van der Waals surface area contributed by atoms with E-state index in [1.54, 1.807) is 13.2 Å². The fourth-order valence-electron chi connectivity index (χ4n) is 5.10. The third-order valence-corrected chi connectivity index (χ3v) is 7.20. The Balaban J connectivity index is 1.36. The van der Waals surface area contributed by atoms with Crippen LogP contribution in [0.3, 0.4) is 0 Å². The number of piperidine rings is 1. The van der Waals surface area contributed by atoms with E-state index in [2.05, 4.69) is 0 Å². The molecule has 9 heteroatoms. The number of epoxide rings is 1. The number of carbonyl (C=O) groups excluding carboxylic acids is 1. The number of rotatable bonds is 6. The molecule has 34 heavy (non-hydrogen) atoms. The van der Waals surface area contributed by atoms with Gasteiger partial charge in [0.05, 0.1) is 25.9 Å². The first kappa shape index (κ1) is 22.5. The van der Waals surface area contributed by atoms with Crippen molar-refractivity contribution in [1.82, 2.24) is 4.90 Å². The number of hydrogen-bond acceptors (Lipinski definition) is 5. The van der Waals surface area contributed by atoms with Crippen molar-refractivity contribution >= 4 is 17.7 Å². The van der Waals surface area contributed by atoms with Gasteiger partial charge in [0, 0.05) is 24.9 Å². The lowest BCUT2D eigenvalue weighted by Crippen LogP contribution is -2.49. The van der Waals surface area contributed by atoms with E-state index in [1.165, 1.54) is 15.9 Å². The van der Waals surface area contributed by atoms with E-state index in [1.807, 2.05) is 31.2 Å². The van der Waals surface area contributed by atoms with Crippen molar-refractivity contribution in [3.63, 3.8) is 0 Å². The third-order valence-electron chi connectivity index (χ3n) is 7.20. The van der Waals surface area contributed by atoms with Gasteiger partial charge < -0.3 is 29.1 Å². The van der Waals surface area contributed by atoms with Crippen LogP contribution in [-0.2, 0) is 22.5 Å². The number of nitrogens with zero attached hydrogens (tertiary/aromatic N) is 2. The highest BCUT2D eigenvalue weighted by atomic mass is 19.1. The van der Waals surface area contributed by atoms with Crippen LogP contribution in [0.15, 0.2) is 36.4 Å². The molecule has 0 radical (unpaired) electrons. The molecule has 2 atom stereocenters. The standard InChI is InChI=1S/C25H27FN2O6/c1-24-14-27(23(30)31)12-11-25(24,34-24)15-33-20-9-8-19(26)22-18(20)7-10-21(29)28(22)13-16-3-5-17(32-2)6-4-16/h3-6,8-9H,7,10-15H2,1-2H3,(H,30,31)/t24-,25-/m0/s1. The Hall–Kier alpha value is -3.33. The van der Waals surface area contributed by atoms with Gasteiger partial charge in [0.2, 0.25) is 5.91 Å². The lowest BCUT2D eigenvalue weighted by molar-refractivity contribution is -0.119. The molecule has 0 spiro atoms. The molecule has 0 aromatic heterocycles. The average molecular weight is 470 g/mol. The average Bonchev–Trinajstić information content (AvgIpc) is 3.45. The SMILES string of the molecule is COc1ccc(CN2C(=O)CCc3c(OC[C@@]45CCN(C(=O)O)C[C@]4(C)O5)ccc(F)c32)cc1. The number of carboxylic acid groups (broad SMARTS) is 1. The van der Waals surface area contributed by atoms with Gasteiger partial charge in [0.1, 0.15) is 35.1 Å². The summed E-state index contributed by atoms with van der Waals surface area (Å²) in [6.07, 6.45) is 0.218. The molecule has 5 rings (SSSR count). The minimum absolute atomic E-state index is 0.142. The summed E-state index contributed by atoms with van der Waals surface area (Å²) < 4.78 is 32.3. The highest BCUT2D eigenvalue weighted by Crippen LogP contribution is 2.54. The molecule has 2 aromatic rings. The van der Waals surface area contributed by atoms with Gasteiger partial charge in [-0.15, -0.1) is 0 Å². The van der Waals surface area contributed by atoms with Gasteiger partial charge in [-0.3, -0.25) is 4.79 Å². The molecule has 0 aliphatic carbocycles. The fourth-order valence-corrected chi connectivity index (χ4v) is 5.10. The zero-order chi connectivity index (χ0) is 24.1. The summed E-state index contributed by atoms with van der Waals surface area (Å²) in [7, 11) is 1.58. The quantitative estimate of drug-likeness (QED) is 0.649. The molecule has 2 amide bonds. The molecule has 2 aromatic carbocycles. The van der Waals surface area contributed by atoms with E-state index >= 15 is 0 Å². The molecular weight excluding hydrogens is 443 g/mol. The van der Waals surface area contributed by atoms with Crippen molar-refractivity contribution < 1.29 is 33.3 Å². The Morgan fingerprint density at radius 1 is 1.21 bits per heavy atom. The van der Waals surface area contributed by atoms with E-state index in [0.717, 1.165) is 5.56 Å². The Kier molecular flexibility index (Phi) is 5.39. The largest absolute Gasteiger partial charge is 0.497 e. The number of carbonyl (C=O) groups is 2. The molecule has 2 fully saturated rings. The minimum Gasteiger partial charge on any atom is -0.497 e. The zero-order valence-corrected chi connectivity index (χ0v) is 19.2. The molecule has 8 nitrogen and oxygen atoms in total. The second kappa shape index (κ2) is 8.16. The molecule has 180 valence electrons. The van der Waals surface area contributed by atoms with Crippen LogP contribution in [0.4, 0.5) is 14.9 Å². The predicted molar refractivity (Wildman–Crippen MR) is 121 cm³/mol. The van der Waals surface area contributed by atoms with E-state index in [4.69, 9.17) is 14.2 Å². The van der Waals surface area contributed by atoms with Gasteiger partial charge in [0.25, 0.3) is 0 Å². The third kappa shape index (κ3) is 3.73. The first-order chi connectivity index (χ1) is 16.2. The number of anilines is 1. The molecule has 3 aliphatic heterocycles. The number of halogens is 1. The Morgan fingerprint density at radius 2 is 1.97 bits per heavy atom. The van der Waals surface area contributed by atoms with Crippen molar-refractivity contribution in [3.05, 3.63) is 53.3 Å². The van der Waals surface area contributed by atoms with Crippen molar-refractivity contribution in [2.75, 3.05) is 31.7 Å². The summed E-state index contributed by atoms with van der Waals surface area (Å²) in [6.45, 7) is 3.03. The summed E-state index contributed by atoms with van der Waals surface area (Å²) in [4.78, 5) is 26.9. The number of methoxy groups -OCH3 is 1. The van der Waals surface area contributed by atoms with Crippen LogP contribution in [0.5, 0.6) is 11.5 Å². The van der Waals surface area contributed by atoms with E-state index in [9.17, 15) is 19.1 Å². The molecule has 0 bridgehead atoms. The fraction of sp³-hybridized carbons (Fsp3) is 0.440. The van der Waals surface area contributed by atoms with Crippen molar-refractivity contribution in [3.8, 4) is 11.5 Å². The number of benzene rings is 2. The summed E-state index contributed by atoms with van der Waals surface area (Å²) in [6, 6.07) is 10.2. The zero-order valence-electron chi connectivity index (χ0n) is 19.2. The summed E-state index contributed by atoms with van der Waals surface area (Å²) in [5, 5.41) is 9.28. The van der Waals surface area contributed by atoms with Crippen molar-refractivity contribution in [2.24, 2.45) is 0 Å². The number of likely N-dealkylation sites (tertiary alicyclic amines) is 1. The van der Waals surface area contributed by atoms with E-state index < -0.39 is 23.1 Å². The van der Waals surface area contributed by atoms with E-state index in [-0.39, 0.29) is 37.7 Å². The summed E-state index contributed by atoms with van der Waals surface area (Å²) in [5.74, 6) is 0.622. The minimum atomic E-state index is -0.958. The maximum Gasteiger partial charge on any atom is 0.407 e. The van der Waals surface area contributed by atoms with E-state index in [0.29, 0.717) is 36.4 Å². The van der Waals surface area contributed by atoms with Crippen LogP contribution < -0.4 is 14.4 Å². The van der Waals surface area contributed by atoms with Gasteiger partial charge in [-0.25, -0.2) is 9.18 Å². The molecule has 2 saturated heterocycles. The molecule has 0 unspecified atom stereocenters. The second-order valence-corrected chi connectivity index (χ2v) is 9.27. The number of amides is 2. The highest BCUT2D eigenvalue weighted by Gasteiger charge is 2.70. The second-order valence-electron chi connectivity index (χ2n) is 9.27. The van der Waals surface area contributed by atoms with Crippen LogP contribution in [-0.4, -0.2) is 60.0 Å². The molecule has 1 N–H and O–H groups in total. The monoisotopic (exact) mass is 470 g/mol. The molecular formula is C25H27FN2O6. The summed E-state index contributed by atoms with van der Waals surface area (Å²) >= 11 is 0. The van der Waals surface area contributed by atoms with Crippen molar-refractivity contribution in [1.29, 1.82) is 0 Å². The Morgan fingerprint density at radius 3 is 2.65 bits per heavy atom. The molecule has 3 aliphatic rings. The van der Waals surface area contributed by atoms with Crippen molar-refractivity contribution in [2.45, 2.75) is 43.9 Å². The lowest BCUT2D eigenvalue weighted by Gasteiger charge is -2.32. The van der Waals surface area contributed by atoms with Gasteiger partial charge >= 0.3 is 6.09 Å². The molecule has 0 saturated carbocycles. The predicted octanol–water partition coefficient (Wildman–Crippen LogP) is 3.60. The van der Waals surface area contributed by atoms with Gasteiger partial charge in [-0.2, -0.15) is 0 Å². The first-order valence-electron chi connectivity index (χ1n) is 11.3. The van der Waals surface area contributed by atoms with Crippen LogP contribution in [0.25, 0.3) is 0 Å². The van der Waals surface area contributed by atoms with Crippen LogP contribution in [0, 0.1) is 5.82 Å². The topological polar surface area (TPSA) is 91.8 Å². The van der Waals surface area contributed by atoms with Gasteiger partial charge in [0.15, 0.2) is 0 Å². The Bertz CT molecular complexity index is 1140. The maximum absolute atomic E-state index is 15.0. The van der Waals surface area contributed by atoms with Crippen LogP contribution in [0.1, 0.15) is 30.9 Å². The van der Waals surface area contributed by atoms with Crippen LogP contribution in [0.2, 0.25) is 0 Å².